The molecule has 1 aliphatic heterocycles. The van der Waals surface area contributed by atoms with Crippen LogP contribution in [0.25, 0.3) is 0 Å². The number of piperidine rings is 1. The second kappa shape index (κ2) is 9.88. The number of nitrogens with one attached hydrogen (secondary N) is 1. The number of rotatable bonds is 7. The van der Waals surface area contributed by atoms with Gasteiger partial charge in [0, 0.05) is 17.3 Å². The molecular weight excluding hydrogens is 362 g/mol. The molecule has 156 valence electrons. The maximum atomic E-state index is 13.0. The van der Waals surface area contributed by atoms with Gasteiger partial charge in [0.05, 0.1) is 18.4 Å². The topological polar surface area (TPSA) is 54.5 Å². The lowest BCUT2D eigenvalue weighted by molar-refractivity contribution is 0.102. The van der Waals surface area contributed by atoms with Crippen LogP contribution < -0.4 is 10.1 Å². The number of likely N-dealkylation sites (tertiary alicyclic amines) is 1. The molecule has 5 nitrogen and oxygen atoms in total. The molecule has 1 aliphatic rings. The fourth-order valence-corrected chi connectivity index (χ4v) is 3.82. The number of nitrogens with zero attached hydrogens (tertiary/aromatic N) is 2. The molecule has 1 N–H and O–H groups in total. The van der Waals surface area contributed by atoms with Crippen molar-refractivity contribution in [2.24, 2.45) is 5.92 Å². The number of aromatic nitrogens is 1. The van der Waals surface area contributed by atoms with Gasteiger partial charge in [-0.25, -0.2) is 0 Å². The number of carbonyl (C=O) groups is 1. The van der Waals surface area contributed by atoms with Gasteiger partial charge in [0.2, 0.25) is 0 Å². The first-order valence-corrected chi connectivity index (χ1v) is 10.6. The third-order valence-corrected chi connectivity index (χ3v) is 5.65. The Labute approximate surface area is 174 Å². The Balaban J connectivity index is 1.70. The molecule has 2 heterocycles. The SMILES string of the molecule is COc1ccc(NC(=O)c2ccc(C)nc2C2CCN(CCC(C)C)CC2)cc1. The van der Waals surface area contributed by atoms with Gasteiger partial charge in [0.15, 0.2) is 0 Å². The number of anilines is 1. The van der Waals surface area contributed by atoms with E-state index in [2.05, 4.69) is 24.1 Å². The Hall–Kier alpha value is -2.40. The molecule has 0 aliphatic carbocycles. The quantitative estimate of drug-likeness (QED) is 0.726. The van der Waals surface area contributed by atoms with Gasteiger partial charge in [-0.3, -0.25) is 9.78 Å². The summed E-state index contributed by atoms with van der Waals surface area (Å²) < 4.78 is 5.18. The van der Waals surface area contributed by atoms with Crippen LogP contribution in [0.4, 0.5) is 5.69 Å². The zero-order valence-corrected chi connectivity index (χ0v) is 18.1. The van der Waals surface area contributed by atoms with Crippen LogP contribution in [0, 0.1) is 12.8 Å². The van der Waals surface area contributed by atoms with Crippen molar-refractivity contribution < 1.29 is 9.53 Å². The smallest absolute Gasteiger partial charge is 0.257 e. The van der Waals surface area contributed by atoms with Gasteiger partial charge in [-0.1, -0.05) is 13.8 Å². The molecule has 2 aromatic rings. The average molecular weight is 396 g/mol. The summed E-state index contributed by atoms with van der Waals surface area (Å²) in [6.07, 6.45) is 3.34. The minimum Gasteiger partial charge on any atom is -0.497 e. The van der Waals surface area contributed by atoms with Crippen molar-refractivity contribution in [1.82, 2.24) is 9.88 Å². The lowest BCUT2D eigenvalue weighted by atomic mass is 9.89. The molecule has 0 bridgehead atoms. The zero-order valence-electron chi connectivity index (χ0n) is 18.1. The molecule has 1 aromatic heterocycles. The van der Waals surface area contributed by atoms with Gasteiger partial charge in [0.25, 0.3) is 5.91 Å². The van der Waals surface area contributed by atoms with Crippen molar-refractivity contribution >= 4 is 11.6 Å². The number of benzene rings is 1. The number of carbonyl (C=O) groups excluding carboxylic acids is 1. The molecule has 3 rings (SSSR count). The molecule has 1 fully saturated rings. The fraction of sp³-hybridized carbons (Fsp3) is 0.500. The molecule has 0 atom stereocenters. The summed E-state index contributed by atoms with van der Waals surface area (Å²) in [5.41, 5.74) is 3.35. The molecule has 5 heteroatoms. The third kappa shape index (κ3) is 5.80. The van der Waals surface area contributed by atoms with E-state index in [4.69, 9.17) is 9.72 Å². The molecule has 29 heavy (non-hydrogen) atoms. The number of methoxy groups -OCH3 is 1. The highest BCUT2D eigenvalue weighted by molar-refractivity contribution is 6.05. The summed E-state index contributed by atoms with van der Waals surface area (Å²) in [5, 5.41) is 3.01. The first-order chi connectivity index (χ1) is 14.0. The molecule has 0 unspecified atom stereocenters. The highest BCUT2D eigenvalue weighted by Gasteiger charge is 2.26. The minimum atomic E-state index is -0.0973. The van der Waals surface area contributed by atoms with Crippen LogP contribution >= 0.6 is 0 Å². The van der Waals surface area contributed by atoms with Crippen molar-refractivity contribution in [3.05, 3.63) is 53.3 Å². The Morgan fingerprint density at radius 3 is 2.48 bits per heavy atom. The number of hydrogen-bond acceptors (Lipinski definition) is 4. The lowest BCUT2D eigenvalue weighted by Gasteiger charge is -2.32. The van der Waals surface area contributed by atoms with Crippen LogP contribution in [0.5, 0.6) is 5.75 Å². The van der Waals surface area contributed by atoms with Crippen LogP contribution in [0.1, 0.15) is 60.8 Å². The summed E-state index contributed by atoms with van der Waals surface area (Å²) in [6, 6.07) is 11.2. The molecule has 0 spiro atoms. The standard InChI is InChI=1S/C24H33N3O2/c1-17(2)11-14-27-15-12-19(13-16-27)23-22(10-5-18(3)25-23)24(28)26-20-6-8-21(29-4)9-7-20/h5-10,17,19H,11-16H2,1-4H3,(H,26,28). The third-order valence-electron chi connectivity index (χ3n) is 5.65. The number of hydrogen-bond donors (Lipinski definition) is 1. The van der Waals surface area contributed by atoms with Crippen molar-refractivity contribution in [2.45, 2.75) is 46.0 Å². The Kier molecular flexibility index (Phi) is 7.26. The first kappa shape index (κ1) is 21.3. The van der Waals surface area contributed by atoms with Gasteiger partial charge in [0.1, 0.15) is 5.75 Å². The maximum Gasteiger partial charge on any atom is 0.257 e. The predicted molar refractivity (Wildman–Crippen MR) is 118 cm³/mol. The van der Waals surface area contributed by atoms with Crippen LogP contribution in [0.2, 0.25) is 0 Å². The van der Waals surface area contributed by atoms with Crippen LogP contribution in [-0.2, 0) is 0 Å². The molecule has 1 amide bonds. The average Bonchev–Trinajstić information content (AvgIpc) is 2.73. The van der Waals surface area contributed by atoms with Crippen molar-refractivity contribution in [1.29, 1.82) is 0 Å². The van der Waals surface area contributed by atoms with Crippen molar-refractivity contribution in [2.75, 3.05) is 32.1 Å². The highest BCUT2D eigenvalue weighted by Crippen LogP contribution is 2.30. The summed E-state index contributed by atoms with van der Waals surface area (Å²) in [6.45, 7) is 9.86. The van der Waals surface area contributed by atoms with E-state index in [1.54, 1.807) is 7.11 Å². The van der Waals surface area contributed by atoms with E-state index < -0.39 is 0 Å². The fourth-order valence-electron chi connectivity index (χ4n) is 3.82. The van der Waals surface area contributed by atoms with Gasteiger partial charge in [-0.15, -0.1) is 0 Å². The summed E-state index contributed by atoms with van der Waals surface area (Å²) in [7, 11) is 1.63. The summed E-state index contributed by atoms with van der Waals surface area (Å²) in [5.74, 6) is 1.74. The van der Waals surface area contributed by atoms with Gasteiger partial charge in [-0.05, 0) is 88.1 Å². The Morgan fingerprint density at radius 1 is 1.17 bits per heavy atom. The number of amides is 1. The number of aryl methyl sites for hydroxylation is 1. The monoisotopic (exact) mass is 395 g/mol. The predicted octanol–water partition coefficient (Wildman–Crippen LogP) is 4.88. The van der Waals surface area contributed by atoms with Gasteiger partial charge >= 0.3 is 0 Å². The number of ether oxygens (including phenoxy) is 1. The molecular formula is C24H33N3O2. The normalized spacial score (nSPS) is 15.5. The van der Waals surface area contributed by atoms with Crippen LogP contribution in [0.15, 0.2) is 36.4 Å². The Bertz CT molecular complexity index is 809. The van der Waals surface area contributed by atoms with Crippen molar-refractivity contribution in [3.8, 4) is 5.75 Å². The van der Waals surface area contributed by atoms with E-state index in [9.17, 15) is 4.79 Å². The van der Waals surface area contributed by atoms with Crippen LogP contribution in [-0.4, -0.2) is 42.5 Å². The van der Waals surface area contributed by atoms with E-state index in [0.29, 0.717) is 11.5 Å². The molecule has 0 radical (unpaired) electrons. The second-order valence-corrected chi connectivity index (χ2v) is 8.37. The lowest BCUT2D eigenvalue weighted by Crippen LogP contribution is -2.35. The second-order valence-electron chi connectivity index (χ2n) is 8.37. The zero-order chi connectivity index (χ0) is 20.8. The van der Waals surface area contributed by atoms with E-state index in [-0.39, 0.29) is 5.91 Å². The minimum absolute atomic E-state index is 0.0973. The maximum absolute atomic E-state index is 13.0. The Morgan fingerprint density at radius 2 is 1.86 bits per heavy atom. The number of pyridine rings is 1. The van der Waals surface area contributed by atoms with Crippen LogP contribution in [0.3, 0.4) is 0 Å². The van der Waals surface area contributed by atoms with E-state index in [0.717, 1.165) is 61.2 Å². The van der Waals surface area contributed by atoms with Gasteiger partial charge in [-0.2, -0.15) is 0 Å². The summed E-state index contributed by atoms with van der Waals surface area (Å²) >= 11 is 0. The van der Waals surface area contributed by atoms with E-state index in [1.807, 2.05) is 43.3 Å². The first-order valence-electron chi connectivity index (χ1n) is 10.6. The molecule has 1 saturated heterocycles. The van der Waals surface area contributed by atoms with E-state index in [1.165, 1.54) is 6.42 Å². The van der Waals surface area contributed by atoms with Gasteiger partial charge < -0.3 is 15.0 Å². The van der Waals surface area contributed by atoms with E-state index >= 15 is 0 Å². The highest BCUT2D eigenvalue weighted by atomic mass is 16.5. The molecule has 1 aromatic carbocycles. The van der Waals surface area contributed by atoms with Crippen molar-refractivity contribution in [3.63, 3.8) is 0 Å². The molecule has 0 saturated carbocycles. The largest absolute Gasteiger partial charge is 0.497 e. The summed E-state index contributed by atoms with van der Waals surface area (Å²) in [4.78, 5) is 20.3.